The molecule has 0 saturated carbocycles. The van der Waals surface area contributed by atoms with Gasteiger partial charge < -0.3 is 10.6 Å². The van der Waals surface area contributed by atoms with Gasteiger partial charge in [-0.2, -0.15) is 0 Å². The van der Waals surface area contributed by atoms with Crippen molar-refractivity contribution in [2.24, 2.45) is 0 Å². The summed E-state index contributed by atoms with van der Waals surface area (Å²) in [4.78, 5) is 11.7. The van der Waals surface area contributed by atoms with Crippen LogP contribution in [0.3, 0.4) is 0 Å². The summed E-state index contributed by atoms with van der Waals surface area (Å²) in [5.74, 6) is 0.145. The first kappa shape index (κ1) is 12.6. The smallest absolute Gasteiger partial charge is 0.220 e. The molecule has 3 nitrogen and oxygen atoms in total. The summed E-state index contributed by atoms with van der Waals surface area (Å²) in [7, 11) is 1.94. The molecule has 2 N–H and O–H groups in total. The zero-order chi connectivity index (χ0) is 12.3. The van der Waals surface area contributed by atoms with E-state index in [4.69, 9.17) is 0 Å². The molecule has 2 rings (SSSR count). The lowest BCUT2D eigenvalue weighted by molar-refractivity contribution is -0.124. The molecule has 1 aromatic rings. The Hall–Kier alpha value is -0.870. The van der Waals surface area contributed by atoms with Gasteiger partial charge in [0.15, 0.2) is 0 Å². The Kier molecular flexibility index (Phi) is 3.84. The number of amides is 1. The summed E-state index contributed by atoms with van der Waals surface area (Å²) in [6.07, 6.45) is 1.54. The number of likely N-dealkylation sites (N-methyl/N-ethyl adjacent to an activating group) is 1. The van der Waals surface area contributed by atoms with Crippen molar-refractivity contribution < 1.29 is 4.79 Å². The van der Waals surface area contributed by atoms with Gasteiger partial charge in [-0.25, -0.2) is 0 Å². The molecule has 0 aliphatic carbocycles. The third kappa shape index (κ3) is 2.69. The average molecular weight is 297 g/mol. The molecule has 0 spiro atoms. The summed E-state index contributed by atoms with van der Waals surface area (Å²) in [6.45, 7) is 1.59. The van der Waals surface area contributed by atoms with Crippen molar-refractivity contribution in [3.63, 3.8) is 0 Å². The minimum absolute atomic E-state index is 0.0686. The van der Waals surface area contributed by atoms with Gasteiger partial charge in [0.05, 0.1) is 0 Å². The molecule has 1 unspecified atom stereocenters. The Balaban J connectivity index is 2.36. The van der Waals surface area contributed by atoms with Crippen LogP contribution in [0.1, 0.15) is 18.4 Å². The van der Waals surface area contributed by atoms with E-state index in [2.05, 4.69) is 38.7 Å². The van der Waals surface area contributed by atoms with Crippen LogP contribution in [-0.2, 0) is 10.2 Å². The number of hydrogen-bond acceptors (Lipinski definition) is 2. The number of halogens is 1. The first-order valence-corrected chi connectivity index (χ1v) is 6.63. The summed E-state index contributed by atoms with van der Waals surface area (Å²) >= 11 is 3.50. The second-order valence-electron chi connectivity index (χ2n) is 4.60. The van der Waals surface area contributed by atoms with Gasteiger partial charge in [-0.3, -0.25) is 4.79 Å². The van der Waals surface area contributed by atoms with E-state index >= 15 is 0 Å². The topological polar surface area (TPSA) is 41.1 Å². The highest BCUT2D eigenvalue weighted by atomic mass is 79.9. The van der Waals surface area contributed by atoms with Crippen LogP contribution >= 0.6 is 15.9 Å². The predicted molar refractivity (Wildman–Crippen MR) is 72.0 cm³/mol. The Morgan fingerprint density at radius 2 is 2.35 bits per heavy atom. The van der Waals surface area contributed by atoms with Crippen molar-refractivity contribution in [2.45, 2.75) is 18.3 Å². The zero-order valence-electron chi connectivity index (χ0n) is 9.92. The molecule has 1 fully saturated rings. The average Bonchev–Trinajstić information content (AvgIpc) is 2.29. The second-order valence-corrected chi connectivity index (χ2v) is 5.51. The minimum atomic E-state index is -0.0686. The Bertz CT molecular complexity index is 418. The number of carbonyl (C=O) groups excluding carboxylic acids is 1. The number of piperidine rings is 1. The van der Waals surface area contributed by atoms with Gasteiger partial charge in [-0.05, 0) is 31.2 Å². The van der Waals surface area contributed by atoms with E-state index < -0.39 is 0 Å². The maximum Gasteiger partial charge on any atom is 0.220 e. The zero-order valence-corrected chi connectivity index (χ0v) is 11.5. The van der Waals surface area contributed by atoms with E-state index in [0.29, 0.717) is 6.42 Å². The lowest BCUT2D eigenvalue weighted by atomic mass is 9.73. The van der Waals surface area contributed by atoms with Crippen molar-refractivity contribution in [3.8, 4) is 0 Å². The number of nitrogens with one attached hydrogen (secondary N) is 2. The van der Waals surface area contributed by atoms with Crippen LogP contribution in [0.5, 0.6) is 0 Å². The van der Waals surface area contributed by atoms with Crippen molar-refractivity contribution in [1.82, 2.24) is 10.6 Å². The third-order valence-corrected chi connectivity index (χ3v) is 3.87. The molecular formula is C13H17BrN2O. The van der Waals surface area contributed by atoms with Crippen molar-refractivity contribution in [3.05, 3.63) is 34.3 Å². The number of hydrogen-bond donors (Lipinski definition) is 2. The third-order valence-electron chi connectivity index (χ3n) is 3.38. The highest BCUT2D eigenvalue weighted by Gasteiger charge is 2.36. The van der Waals surface area contributed by atoms with Gasteiger partial charge in [0.2, 0.25) is 5.91 Å². The largest absolute Gasteiger partial charge is 0.356 e. The fourth-order valence-electron chi connectivity index (χ4n) is 2.56. The maximum absolute atomic E-state index is 11.7. The van der Waals surface area contributed by atoms with Crippen LogP contribution in [0, 0.1) is 0 Å². The van der Waals surface area contributed by atoms with Gasteiger partial charge in [0.1, 0.15) is 0 Å². The summed E-state index contributed by atoms with van der Waals surface area (Å²) in [6, 6.07) is 8.28. The summed E-state index contributed by atoms with van der Waals surface area (Å²) in [5, 5.41) is 6.12. The Labute approximate surface area is 110 Å². The number of carbonyl (C=O) groups is 1. The standard InChI is InChI=1S/C13H17BrN2O/c1-15-9-13(5-6-16-12(17)8-13)10-3-2-4-11(14)7-10/h2-4,7,15H,5-6,8-9H2,1H3,(H,16,17). The normalized spacial score (nSPS) is 24.5. The molecule has 1 amide bonds. The SMILES string of the molecule is CNCC1(c2cccc(Br)c2)CCNC(=O)C1. The molecule has 4 heteroatoms. The van der Waals surface area contributed by atoms with Crippen LogP contribution in [-0.4, -0.2) is 26.0 Å². The van der Waals surface area contributed by atoms with Gasteiger partial charge in [0.25, 0.3) is 0 Å². The number of rotatable bonds is 3. The lowest BCUT2D eigenvalue weighted by Crippen LogP contribution is -2.48. The van der Waals surface area contributed by atoms with E-state index in [9.17, 15) is 4.79 Å². The fraction of sp³-hybridized carbons (Fsp3) is 0.462. The van der Waals surface area contributed by atoms with Crippen molar-refractivity contribution in [1.29, 1.82) is 0 Å². The monoisotopic (exact) mass is 296 g/mol. The minimum Gasteiger partial charge on any atom is -0.356 e. The molecule has 1 saturated heterocycles. The molecule has 0 aromatic heterocycles. The Morgan fingerprint density at radius 1 is 1.53 bits per heavy atom. The summed E-state index contributed by atoms with van der Waals surface area (Å²) < 4.78 is 1.07. The molecule has 1 atom stereocenters. The van der Waals surface area contributed by atoms with E-state index in [1.165, 1.54) is 5.56 Å². The van der Waals surface area contributed by atoms with Crippen LogP contribution in [0.25, 0.3) is 0 Å². The van der Waals surface area contributed by atoms with Gasteiger partial charge >= 0.3 is 0 Å². The predicted octanol–water partition coefficient (Wildman–Crippen LogP) is 1.82. The Morgan fingerprint density at radius 3 is 3.00 bits per heavy atom. The van der Waals surface area contributed by atoms with E-state index in [-0.39, 0.29) is 11.3 Å². The molecule has 1 aromatic carbocycles. The van der Waals surface area contributed by atoms with E-state index in [1.54, 1.807) is 0 Å². The molecule has 0 radical (unpaired) electrons. The van der Waals surface area contributed by atoms with Crippen LogP contribution in [0.4, 0.5) is 0 Å². The molecule has 0 bridgehead atoms. The molecule has 17 heavy (non-hydrogen) atoms. The van der Waals surface area contributed by atoms with Gasteiger partial charge in [0, 0.05) is 29.4 Å². The highest BCUT2D eigenvalue weighted by molar-refractivity contribution is 9.10. The molecule has 1 aliphatic rings. The van der Waals surface area contributed by atoms with Gasteiger partial charge in [-0.1, -0.05) is 28.1 Å². The second kappa shape index (κ2) is 5.19. The molecule has 1 heterocycles. The van der Waals surface area contributed by atoms with E-state index in [0.717, 1.165) is 24.0 Å². The first-order valence-electron chi connectivity index (χ1n) is 5.84. The molecule has 1 aliphatic heterocycles. The fourth-order valence-corrected chi connectivity index (χ4v) is 2.95. The van der Waals surface area contributed by atoms with Crippen LogP contribution in [0.15, 0.2) is 28.7 Å². The van der Waals surface area contributed by atoms with Crippen molar-refractivity contribution >= 4 is 21.8 Å². The van der Waals surface area contributed by atoms with Crippen LogP contribution in [0.2, 0.25) is 0 Å². The van der Waals surface area contributed by atoms with Crippen LogP contribution < -0.4 is 10.6 Å². The van der Waals surface area contributed by atoms with Crippen molar-refractivity contribution in [2.75, 3.05) is 20.1 Å². The number of benzene rings is 1. The van der Waals surface area contributed by atoms with Gasteiger partial charge in [-0.15, -0.1) is 0 Å². The molecule has 92 valence electrons. The quantitative estimate of drug-likeness (QED) is 0.893. The van der Waals surface area contributed by atoms with E-state index in [1.807, 2.05) is 19.2 Å². The lowest BCUT2D eigenvalue weighted by Gasteiger charge is -2.37. The highest BCUT2D eigenvalue weighted by Crippen LogP contribution is 2.34. The first-order chi connectivity index (χ1) is 8.16. The summed E-state index contributed by atoms with van der Waals surface area (Å²) in [5.41, 5.74) is 1.16. The maximum atomic E-state index is 11.7. The molecular weight excluding hydrogens is 280 g/mol.